The molecule has 0 radical (unpaired) electrons. The van der Waals surface area contributed by atoms with Gasteiger partial charge in [0.15, 0.2) is 6.04 Å². The molecule has 10 nitrogen and oxygen atoms in total. The van der Waals surface area contributed by atoms with E-state index in [1.54, 1.807) is 24.3 Å². The van der Waals surface area contributed by atoms with Crippen LogP contribution in [0.5, 0.6) is 0 Å². The third kappa shape index (κ3) is 7.00. The summed E-state index contributed by atoms with van der Waals surface area (Å²) in [5, 5.41) is 24.0. The number of aliphatic carboxylic acids is 1. The molecule has 33 heavy (non-hydrogen) atoms. The zero-order valence-electron chi connectivity index (χ0n) is 19.2. The first-order chi connectivity index (χ1) is 15.5. The fourth-order valence-corrected chi connectivity index (χ4v) is 3.75. The molecule has 5 unspecified atom stereocenters. The number of carbonyl (C=O) groups excluding carboxylic acids is 3. The van der Waals surface area contributed by atoms with Crippen LogP contribution in [-0.4, -0.2) is 75.6 Å². The fourth-order valence-electron chi connectivity index (χ4n) is 3.75. The number of amides is 3. The van der Waals surface area contributed by atoms with E-state index in [0.717, 1.165) is 5.56 Å². The Hall–Kier alpha value is -2.98. The first kappa shape index (κ1) is 26.3. The summed E-state index contributed by atoms with van der Waals surface area (Å²) >= 11 is 0. The number of aliphatic hydroxyl groups excluding tert-OH is 1. The molecule has 0 aliphatic carbocycles. The van der Waals surface area contributed by atoms with Crippen LogP contribution in [0.2, 0.25) is 0 Å². The summed E-state index contributed by atoms with van der Waals surface area (Å²) in [4.78, 5) is 51.7. The van der Waals surface area contributed by atoms with Gasteiger partial charge in [0.25, 0.3) is 0 Å². The van der Waals surface area contributed by atoms with Crippen molar-refractivity contribution in [2.75, 3.05) is 6.54 Å². The van der Waals surface area contributed by atoms with Crippen molar-refractivity contribution in [1.29, 1.82) is 0 Å². The SMILES string of the molecule is CC(C)C(N)C(=O)N1CCCC1C(=O)NC(Cc1ccccc1)C(=O)NC(C(=O)O)C(C)O. The number of carboxylic acids is 1. The maximum absolute atomic E-state index is 13.1. The Morgan fingerprint density at radius 2 is 1.76 bits per heavy atom. The van der Waals surface area contributed by atoms with Gasteiger partial charge in [0.1, 0.15) is 12.1 Å². The van der Waals surface area contributed by atoms with Crippen LogP contribution in [0.25, 0.3) is 0 Å². The molecule has 10 heteroatoms. The lowest BCUT2D eigenvalue weighted by Gasteiger charge is -2.29. The maximum Gasteiger partial charge on any atom is 0.328 e. The Morgan fingerprint density at radius 1 is 1.12 bits per heavy atom. The zero-order chi connectivity index (χ0) is 24.7. The van der Waals surface area contributed by atoms with Crippen LogP contribution in [-0.2, 0) is 25.6 Å². The van der Waals surface area contributed by atoms with Gasteiger partial charge in [-0.25, -0.2) is 4.79 Å². The van der Waals surface area contributed by atoms with E-state index in [9.17, 15) is 29.4 Å². The summed E-state index contributed by atoms with van der Waals surface area (Å²) in [5.41, 5.74) is 6.75. The van der Waals surface area contributed by atoms with E-state index in [0.29, 0.717) is 19.4 Å². The first-order valence-electron chi connectivity index (χ1n) is 11.1. The summed E-state index contributed by atoms with van der Waals surface area (Å²) in [7, 11) is 0. The highest BCUT2D eigenvalue weighted by Gasteiger charge is 2.38. The largest absolute Gasteiger partial charge is 0.480 e. The molecule has 1 fully saturated rings. The number of nitrogens with two attached hydrogens (primary N) is 1. The van der Waals surface area contributed by atoms with Gasteiger partial charge in [0, 0.05) is 13.0 Å². The van der Waals surface area contributed by atoms with E-state index in [1.807, 2.05) is 19.9 Å². The van der Waals surface area contributed by atoms with Crippen molar-refractivity contribution in [3.05, 3.63) is 35.9 Å². The van der Waals surface area contributed by atoms with Crippen molar-refractivity contribution in [1.82, 2.24) is 15.5 Å². The molecule has 1 heterocycles. The van der Waals surface area contributed by atoms with Gasteiger partial charge in [-0.1, -0.05) is 44.2 Å². The van der Waals surface area contributed by atoms with Gasteiger partial charge in [0.05, 0.1) is 12.1 Å². The molecule has 1 aromatic carbocycles. The van der Waals surface area contributed by atoms with E-state index in [1.165, 1.54) is 11.8 Å². The molecule has 0 saturated carbocycles. The maximum atomic E-state index is 13.1. The summed E-state index contributed by atoms with van der Waals surface area (Å²) in [5.74, 6) is -3.04. The molecule has 1 aliphatic rings. The van der Waals surface area contributed by atoms with Gasteiger partial charge in [-0.2, -0.15) is 0 Å². The first-order valence-corrected chi connectivity index (χ1v) is 11.1. The lowest BCUT2D eigenvalue weighted by atomic mass is 10.0. The number of rotatable bonds is 10. The number of likely N-dealkylation sites (tertiary alicyclic amines) is 1. The zero-order valence-corrected chi connectivity index (χ0v) is 19.2. The predicted octanol–water partition coefficient (Wildman–Crippen LogP) is -0.362. The molecular weight excluding hydrogens is 428 g/mol. The molecule has 0 aromatic heterocycles. The summed E-state index contributed by atoms with van der Waals surface area (Å²) in [6, 6.07) is 4.82. The average Bonchev–Trinajstić information content (AvgIpc) is 3.26. The Bertz CT molecular complexity index is 845. The smallest absolute Gasteiger partial charge is 0.328 e. The van der Waals surface area contributed by atoms with Gasteiger partial charge in [0.2, 0.25) is 17.7 Å². The van der Waals surface area contributed by atoms with E-state index in [2.05, 4.69) is 10.6 Å². The van der Waals surface area contributed by atoms with Crippen LogP contribution in [0.1, 0.15) is 39.2 Å². The molecule has 3 amide bonds. The van der Waals surface area contributed by atoms with E-state index in [-0.39, 0.29) is 18.2 Å². The minimum Gasteiger partial charge on any atom is -0.480 e. The number of benzene rings is 1. The Balaban J connectivity index is 2.20. The third-order valence-corrected chi connectivity index (χ3v) is 5.80. The minimum atomic E-state index is -1.53. The van der Waals surface area contributed by atoms with E-state index >= 15 is 0 Å². The third-order valence-electron chi connectivity index (χ3n) is 5.80. The number of nitrogens with zero attached hydrogens (tertiary/aromatic N) is 1. The van der Waals surface area contributed by atoms with Crippen molar-refractivity contribution in [2.24, 2.45) is 11.7 Å². The Morgan fingerprint density at radius 3 is 2.30 bits per heavy atom. The highest BCUT2D eigenvalue weighted by atomic mass is 16.4. The number of hydrogen-bond donors (Lipinski definition) is 5. The van der Waals surface area contributed by atoms with Crippen LogP contribution in [0.15, 0.2) is 30.3 Å². The van der Waals surface area contributed by atoms with Crippen molar-refractivity contribution in [3.8, 4) is 0 Å². The molecule has 182 valence electrons. The number of nitrogens with one attached hydrogen (secondary N) is 2. The van der Waals surface area contributed by atoms with Crippen molar-refractivity contribution in [2.45, 2.75) is 70.3 Å². The second kappa shape index (κ2) is 11.8. The molecule has 5 atom stereocenters. The van der Waals surface area contributed by atoms with E-state index in [4.69, 9.17) is 5.73 Å². The lowest BCUT2D eigenvalue weighted by molar-refractivity contribution is -0.145. The second-order valence-corrected chi connectivity index (χ2v) is 8.78. The topological polar surface area (TPSA) is 162 Å². The molecule has 1 aromatic rings. The summed E-state index contributed by atoms with van der Waals surface area (Å²) in [6.45, 7) is 5.31. The van der Waals surface area contributed by atoms with Crippen LogP contribution < -0.4 is 16.4 Å². The van der Waals surface area contributed by atoms with Crippen LogP contribution in [0, 0.1) is 5.92 Å². The molecule has 1 saturated heterocycles. The number of hydrogen-bond acceptors (Lipinski definition) is 6. The van der Waals surface area contributed by atoms with Crippen molar-refractivity contribution < 1.29 is 29.4 Å². The van der Waals surface area contributed by atoms with Gasteiger partial charge in [-0.3, -0.25) is 14.4 Å². The Labute approximate surface area is 193 Å². The number of carboxylic acid groups (broad SMARTS) is 1. The highest BCUT2D eigenvalue weighted by molar-refractivity contribution is 5.94. The van der Waals surface area contributed by atoms with Gasteiger partial charge < -0.3 is 31.5 Å². The quantitative estimate of drug-likeness (QED) is 0.317. The van der Waals surface area contributed by atoms with Crippen molar-refractivity contribution in [3.63, 3.8) is 0 Å². The van der Waals surface area contributed by atoms with E-state index < -0.39 is 48.1 Å². The summed E-state index contributed by atoms with van der Waals surface area (Å²) in [6.07, 6.45) is -0.155. The van der Waals surface area contributed by atoms with Gasteiger partial charge >= 0.3 is 5.97 Å². The highest BCUT2D eigenvalue weighted by Crippen LogP contribution is 2.20. The van der Waals surface area contributed by atoms with Crippen LogP contribution in [0.4, 0.5) is 0 Å². The number of carbonyl (C=O) groups is 4. The molecule has 0 spiro atoms. The predicted molar refractivity (Wildman–Crippen MR) is 121 cm³/mol. The number of aliphatic hydroxyl groups is 1. The van der Waals surface area contributed by atoms with Crippen molar-refractivity contribution >= 4 is 23.7 Å². The molecule has 2 rings (SSSR count). The fraction of sp³-hybridized carbons (Fsp3) is 0.565. The monoisotopic (exact) mass is 462 g/mol. The molecule has 0 bridgehead atoms. The second-order valence-electron chi connectivity index (χ2n) is 8.78. The van der Waals surface area contributed by atoms with Gasteiger partial charge in [-0.15, -0.1) is 0 Å². The summed E-state index contributed by atoms with van der Waals surface area (Å²) < 4.78 is 0. The molecule has 6 N–H and O–H groups in total. The molecule has 1 aliphatic heterocycles. The average molecular weight is 463 g/mol. The standard InChI is InChI=1S/C23H34N4O6/c1-13(2)18(24)22(31)27-11-7-10-17(27)21(30)25-16(12-15-8-5-4-6-9-15)20(29)26-19(14(3)28)23(32)33/h4-6,8-9,13-14,16-19,28H,7,10-12,24H2,1-3H3,(H,25,30)(H,26,29)(H,32,33). The Kier molecular flexibility index (Phi) is 9.36. The molecular formula is C23H34N4O6. The van der Waals surface area contributed by atoms with Crippen LogP contribution in [0.3, 0.4) is 0 Å². The lowest BCUT2D eigenvalue weighted by Crippen LogP contribution is -2.58. The van der Waals surface area contributed by atoms with Gasteiger partial charge in [-0.05, 0) is 31.2 Å². The van der Waals surface area contributed by atoms with Crippen LogP contribution >= 0.6 is 0 Å². The minimum absolute atomic E-state index is 0.0909. The normalized spacial score (nSPS) is 19.5.